The number of hydrogen-bond acceptors (Lipinski definition) is 3. The minimum absolute atomic E-state index is 0. The summed E-state index contributed by atoms with van der Waals surface area (Å²) in [5.41, 5.74) is 0. The molecule has 0 saturated heterocycles. The molecule has 0 aliphatic rings. The van der Waals surface area contributed by atoms with Crippen molar-refractivity contribution in [1.29, 1.82) is 0 Å². The van der Waals surface area contributed by atoms with Crippen LogP contribution >= 0.6 is 8.25 Å². The van der Waals surface area contributed by atoms with Gasteiger partial charge in [0, 0.05) is 0 Å². The fourth-order valence-corrected chi connectivity index (χ4v) is 3.04. The molecule has 0 aliphatic heterocycles. The molecule has 0 rings (SSSR count). The van der Waals surface area contributed by atoms with E-state index in [9.17, 15) is 4.57 Å². The molecule has 0 fully saturated rings. The van der Waals surface area contributed by atoms with Crippen LogP contribution in [0.3, 0.4) is 0 Å². The Kier molecular flexibility index (Phi) is 20.3. The molecule has 0 aromatic heterocycles. The van der Waals surface area contributed by atoms with Gasteiger partial charge in [0.25, 0.3) is 0 Å². The number of rotatable bonds is 14. The molecule has 0 amide bonds. The Morgan fingerprint density at radius 3 is 1.48 bits per heavy atom. The molecule has 3 nitrogen and oxygen atoms in total. The second-order valence-corrected chi connectivity index (χ2v) is 6.78. The van der Waals surface area contributed by atoms with E-state index in [1.807, 2.05) is 0 Å². The van der Waals surface area contributed by atoms with Gasteiger partial charge in [-0.2, -0.15) is 0 Å². The van der Waals surface area contributed by atoms with Gasteiger partial charge in [0.1, 0.15) is 0 Å². The van der Waals surface area contributed by atoms with Gasteiger partial charge in [-0.1, -0.05) is 66.2 Å². The molecule has 124 valence electrons. The maximum atomic E-state index is 11.8. The third-order valence-corrected chi connectivity index (χ3v) is 4.77. The zero-order valence-electron chi connectivity index (χ0n) is 14.0. The van der Waals surface area contributed by atoms with Crippen molar-refractivity contribution >= 4 is 37.8 Å². The van der Waals surface area contributed by atoms with Gasteiger partial charge in [-0.3, -0.25) is 4.57 Å². The normalized spacial score (nSPS) is 15.2. The summed E-state index contributed by atoms with van der Waals surface area (Å²) >= 11 is 0. The molecule has 5 heteroatoms. The van der Waals surface area contributed by atoms with Crippen LogP contribution in [-0.2, 0) is 13.6 Å². The summed E-state index contributed by atoms with van der Waals surface area (Å²) in [6.45, 7) is 9.89. The average molecular weight is 330 g/mol. The van der Waals surface area contributed by atoms with Crippen molar-refractivity contribution in [2.45, 2.75) is 79.1 Å². The van der Waals surface area contributed by atoms with Gasteiger partial charge in [-0.05, 0) is 24.7 Å². The molecule has 0 aliphatic carbocycles. The van der Waals surface area contributed by atoms with Crippen molar-refractivity contribution in [3.05, 3.63) is 0 Å². The molecule has 0 aromatic carbocycles. The molecule has 0 N–H and O–H groups in total. The van der Waals surface area contributed by atoms with Crippen molar-refractivity contribution in [2.75, 3.05) is 13.2 Å². The van der Waals surface area contributed by atoms with Crippen LogP contribution in [0, 0.1) is 11.8 Å². The zero-order valence-corrected chi connectivity index (χ0v) is 15.0. The Labute approximate surface area is 155 Å². The first-order chi connectivity index (χ1) is 9.67. The molecule has 0 heterocycles. The Bertz CT molecular complexity index is 218. The first-order valence-electron chi connectivity index (χ1n) is 8.47. The summed E-state index contributed by atoms with van der Waals surface area (Å²) in [6, 6.07) is 0. The van der Waals surface area contributed by atoms with Crippen molar-refractivity contribution in [2.24, 2.45) is 11.8 Å². The Balaban J connectivity index is 0. The van der Waals surface area contributed by atoms with E-state index in [0.717, 1.165) is 25.7 Å². The van der Waals surface area contributed by atoms with E-state index in [2.05, 4.69) is 27.7 Å². The van der Waals surface area contributed by atoms with Crippen molar-refractivity contribution in [1.82, 2.24) is 0 Å². The van der Waals surface area contributed by atoms with Gasteiger partial charge in [-0.15, -0.1) is 0 Å². The van der Waals surface area contributed by atoms with E-state index in [1.54, 1.807) is 0 Å². The Hall–Kier alpha value is 1.15. The van der Waals surface area contributed by atoms with E-state index in [1.165, 1.54) is 25.7 Å². The van der Waals surface area contributed by atoms with E-state index < -0.39 is 8.25 Å². The average Bonchev–Trinajstić information content (AvgIpc) is 2.47. The molecule has 0 radical (unpaired) electrons. The predicted molar refractivity (Wildman–Crippen MR) is 94.7 cm³/mol. The van der Waals surface area contributed by atoms with E-state index in [4.69, 9.17) is 9.05 Å². The van der Waals surface area contributed by atoms with Crippen molar-refractivity contribution in [3.8, 4) is 0 Å². The van der Waals surface area contributed by atoms with Gasteiger partial charge in [-0.25, -0.2) is 0 Å². The standard InChI is InChI=1S/C16H35O3P.Na.H/c1-5-9-11-15(7-3)13-18-20(17)19-14-16(8-4)12-10-6-2;;/h15-16,20H,5-14H2,1-4H3;;. The molecular weight excluding hydrogens is 294 g/mol. The molecule has 0 saturated carbocycles. The monoisotopic (exact) mass is 330 g/mol. The first kappa shape index (κ1) is 24.4. The van der Waals surface area contributed by atoms with Crippen LogP contribution in [0.1, 0.15) is 79.1 Å². The summed E-state index contributed by atoms with van der Waals surface area (Å²) in [7, 11) is -2.30. The van der Waals surface area contributed by atoms with Crippen LogP contribution in [0.15, 0.2) is 0 Å². The molecule has 21 heavy (non-hydrogen) atoms. The SMILES string of the molecule is CCCCC(CC)CO[PH](=O)OCC(CC)CCCC.[NaH]. The molecular formula is C16H36NaO3P. The Morgan fingerprint density at radius 2 is 1.19 bits per heavy atom. The van der Waals surface area contributed by atoms with E-state index >= 15 is 0 Å². The van der Waals surface area contributed by atoms with E-state index in [0.29, 0.717) is 25.0 Å². The second kappa shape index (κ2) is 17.5. The summed E-state index contributed by atoms with van der Waals surface area (Å²) in [5.74, 6) is 1.05. The molecule has 0 spiro atoms. The fraction of sp³-hybridized carbons (Fsp3) is 1.00. The first-order valence-corrected chi connectivity index (χ1v) is 9.69. The molecule has 0 bridgehead atoms. The third-order valence-electron chi connectivity index (χ3n) is 3.96. The van der Waals surface area contributed by atoms with Crippen molar-refractivity contribution < 1.29 is 13.6 Å². The van der Waals surface area contributed by atoms with Crippen LogP contribution in [0.2, 0.25) is 0 Å². The zero-order chi connectivity index (χ0) is 15.2. The molecule has 2 atom stereocenters. The summed E-state index contributed by atoms with van der Waals surface area (Å²) in [4.78, 5) is 0. The maximum absolute atomic E-state index is 11.8. The van der Waals surface area contributed by atoms with Gasteiger partial charge < -0.3 is 9.05 Å². The van der Waals surface area contributed by atoms with Gasteiger partial charge >= 0.3 is 37.8 Å². The second-order valence-electron chi connectivity index (χ2n) is 5.71. The minimum atomic E-state index is -2.30. The summed E-state index contributed by atoms with van der Waals surface area (Å²) in [5, 5.41) is 0. The van der Waals surface area contributed by atoms with Crippen LogP contribution in [0.4, 0.5) is 0 Å². The fourth-order valence-electron chi connectivity index (χ4n) is 2.21. The predicted octanol–water partition coefficient (Wildman–Crippen LogP) is 5.19. The number of hydrogen-bond donors (Lipinski definition) is 0. The topological polar surface area (TPSA) is 35.5 Å². The number of unbranched alkanes of at least 4 members (excludes halogenated alkanes) is 2. The van der Waals surface area contributed by atoms with Crippen LogP contribution in [0.5, 0.6) is 0 Å². The summed E-state index contributed by atoms with van der Waals surface area (Å²) < 4.78 is 22.6. The van der Waals surface area contributed by atoms with Crippen LogP contribution < -0.4 is 0 Å². The Morgan fingerprint density at radius 1 is 0.810 bits per heavy atom. The van der Waals surface area contributed by atoms with Gasteiger partial charge in [0.2, 0.25) is 0 Å². The van der Waals surface area contributed by atoms with Crippen molar-refractivity contribution in [3.63, 3.8) is 0 Å². The van der Waals surface area contributed by atoms with Crippen LogP contribution in [0.25, 0.3) is 0 Å². The third kappa shape index (κ3) is 14.5. The van der Waals surface area contributed by atoms with Gasteiger partial charge in [0.15, 0.2) is 0 Å². The summed E-state index contributed by atoms with van der Waals surface area (Å²) in [6.07, 6.45) is 9.35. The van der Waals surface area contributed by atoms with Gasteiger partial charge in [0.05, 0.1) is 13.2 Å². The van der Waals surface area contributed by atoms with E-state index in [-0.39, 0.29) is 29.6 Å². The van der Waals surface area contributed by atoms with Crippen LogP contribution in [-0.4, -0.2) is 42.8 Å². The molecule has 2 unspecified atom stereocenters. The molecule has 0 aromatic rings. The quantitative estimate of drug-likeness (QED) is 0.325.